The van der Waals surface area contributed by atoms with Crippen LogP contribution in [0, 0.1) is 5.92 Å². The molecule has 4 nitrogen and oxygen atoms in total. The fourth-order valence-corrected chi connectivity index (χ4v) is 2.39. The van der Waals surface area contributed by atoms with Gasteiger partial charge in [-0.25, -0.2) is 4.98 Å². The summed E-state index contributed by atoms with van der Waals surface area (Å²) in [6, 6.07) is 7.36. The number of rotatable bonds is 7. The van der Waals surface area contributed by atoms with Gasteiger partial charge in [-0.3, -0.25) is 9.36 Å². The number of para-hydroxylation sites is 1. The second-order valence-electron chi connectivity index (χ2n) is 5.46. The van der Waals surface area contributed by atoms with Gasteiger partial charge in [-0.1, -0.05) is 26.0 Å². The van der Waals surface area contributed by atoms with Crippen LogP contribution in [0.15, 0.2) is 29.1 Å². The molecule has 0 radical (unpaired) electrons. The van der Waals surface area contributed by atoms with Gasteiger partial charge in [-0.15, -0.1) is 11.6 Å². The summed E-state index contributed by atoms with van der Waals surface area (Å²) in [7, 11) is 0. The molecule has 0 saturated carbocycles. The van der Waals surface area contributed by atoms with Crippen LogP contribution in [-0.4, -0.2) is 22.8 Å². The molecular formula is C16H21ClN2O2. The lowest BCUT2D eigenvalue weighted by atomic mass is 10.2. The monoisotopic (exact) mass is 308 g/mol. The molecule has 1 aromatic heterocycles. The minimum Gasteiger partial charge on any atom is -0.381 e. The number of ether oxygens (including phenoxy) is 1. The molecule has 0 bridgehead atoms. The van der Waals surface area contributed by atoms with Gasteiger partial charge in [0.2, 0.25) is 0 Å². The average molecular weight is 309 g/mol. The average Bonchev–Trinajstić information content (AvgIpc) is 2.48. The molecule has 0 atom stereocenters. The van der Waals surface area contributed by atoms with E-state index in [9.17, 15) is 4.79 Å². The Bertz CT molecular complexity index is 652. The molecule has 0 aliphatic carbocycles. The Morgan fingerprint density at radius 3 is 2.81 bits per heavy atom. The minimum absolute atomic E-state index is 0.0277. The van der Waals surface area contributed by atoms with Crippen molar-refractivity contribution in [2.45, 2.75) is 32.7 Å². The van der Waals surface area contributed by atoms with Gasteiger partial charge in [0.1, 0.15) is 5.82 Å². The smallest absolute Gasteiger partial charge is 0.261 e. The molecule has 1 heterocycles. The zero-order valence-corrected chi connectivity index (χ0v) is 13.3. The van der Waals surface area contributed by atoms with Crippen molar-refractivity contribution in [3.63, 3.8) is 0 Å². The summed E-state index contributed by atoms with van der Waals surface area (Å²) in [6.45, 7) is 6.19. The topological polar surface area (TPSA) is 44.1 Å². The maximum absolute atomic E-state index is 12.5. The molecule has 2 aromatic rings. The van der Waals surface area contributed by atoms with Gasteiger partial charge < -0.3 is 4.74 Å². The number of benzene rings is 1. The Morgan fingerprint density at radius 2 is 2.10 bits per heavy atom. The van der Waals surface area contributed by atoms with Crippen molar-refractivity contribution in [1.29, 1.82) is 0 Å². The predicted octanol–water partition coefficient (Wildman–Crippen LogP) is 3.20. The van der Waals surface area contributed by atoms with Crippen LogP contribution in [0.5, 0.6) is 0 Å². The third-order valence-electron chi connectivity index (χ3n) is 3.18. The van der Waals surface area contributed by atoms with Crippen molar-refractivity contribution in [2.24, 2.45) is 5.92 Å². The molecule has 5 heteroatoms. The summed E-state index contributed by atoms with van der Waals surface area (Å²) in [5.74, 6) is 1.37. The second-order valence-corrected chi connectivity index (χ2v) is 5.73. The highest BCUT2D eigenvalue weighted by molar-refractivity contribution is 6.16. The van der Waals surface area contributed by atoms with Crippen molar-refractivity contribution < 1.29 is 4.74 Å². The zero-order chi connectivity index (χ0) is 15.2. The van der Waals surface area contributed by atoms with Crippen LogP contribution in [0.3, 0.4) is 0 Å². The number of nitrogens with zero attached hydrogens (tertiary/aromatic N) is 2. The van der Waals surface area contributed by atoms with Crippen molar-refractivity contribution >= 4 is 22.5 Å². The molecule has 0 N–H and O–H groups in total. The number of halogens is 1. The first-order valence-corrected chi connectivity index (χ1v) is 7.79. The zero-order valence-electron chi connectivity index (χ0n) is 12.5. The molecule has 21 heavy (non-hydrogen) atoms. The first-order chi connectivity index (χ1) is 10.1. The van der Waals surface area contributed by atoms with Gasteiger partial charge in [0.25, 0.3) is 5.56 Å². The molecule has 0 saturated heterocycles. The van der Waals surface area contributed by atoms with Crippen LogP contribution < -0.4 is 5.56 Å². The van der Waals surface area contributed by atoms with E-state index in [1.807, 2.05) is 18.2 Å². The van der Waals surface area contributed by atoms with E-state index in [4.69, 9.17) is 16.3 Å². The SMILES string of the molecule is CC(C)COCCCn1c(CCl)nc2ccccc2c1=O. The van der Waals surface area contributed by atoms with Crippen LogP contribution in [-0.2, 0) is 17.2 Å². The van der Waals surface area contributed by atoms with Crippen molar-refractivity contribution in [2.75, 3.05) is 13.2 Å². The molecule has 0 unspecified atom stereocenters. The third-order valence-corrected chi connectivity index (χ3v) is 3.42. The van der Waals surface area contributed by atoms with Crippen molar-refractivity contribution in [1.82, 2.24) is 9.55 Å². The van der Waals surface area contributed by atoms with E-state index in [0.717, 1.165) is 13.0 Å². The Morgan fingerprint density at radius 1 is 1.33 bits per heavy atom. The molecule has 1 aromatic carbocycles. The summed E-state index contributed by atoms with van der Waals surface area (Å²) in [5, 5.41) is 0.634. The Kier molecular flexibility index (Phi) is 5.76. The fourth-order valence-electron chi connectivity index (χ4n) is 2.19. The van der Waals surface area contributed by atoms with E-state index in [-0.39, 0.29) is 11.4 Å². The van der Waals surface area contributed by atoms with Crippen LogP contribution in [0.4, 0.5) is 0 Å². The van der Waals surface area contributed by atoms with Crippen LogP contribution in [0.2, 0.25) is 0 Å². The van der Waals surface area contributed by atoms with E-state index in [1.165, 1.54) is 0 Å². The van der Waals surface area contributed by atoms with E-state index < -0.39 is 0 Å². The van der Waals surface area contributed by atoms with Gasteiger partial charge >= 0.3 is 0 Å². The lowest BCUT2D eigenvalue weighted by Gasteiger charge is -2.12. The molecule has 0 aliphatic heterocycles. The summed E-state index contributed by atoms with van der Waals surface area (Å²) in [6.07, 6.45) is 0.774. The predicted molar refractivity (Wildman–Crippen MR) is 85.8 cm³/mol. The highest BCUT2D eigenvalue weighted by atomic mass is 35.5. The van der Waals surface area contributed by atoms with Gasteiger partial charge in [0, 0.05) is 19.8 Å². The fraction of sp³-hybridized carbons (Fsp3) is 0.500. The largest absolute Gasteiger partial charge is 0.381 e. The Hall–Kier alpha value is -1.39. The summed E-state index contributed by atoms with van der Waals surface area (Å²) in [4.78, 5) is 17.0. The van der Waals surface area contributed by atoms with Gasteiger partial charge in [0.15, 0.2) is 0 Å². The Balaban J connectivity index is 2.14. The molecular weight excluding hydrogens is 288 g/mol. The van der Waals surface area contributed by atoms with E-state index in [1.54, 1.807) is 10.6 Å². The molecule has 0 aliphatic rings. The maximum Gasteiger partial charge on any atom is 0.261 e. The lowest BCUT2D eigenvalue weighted by Crippen LogP contribution is -2.25. The first kappa shape index (κ1) is 16.0. The van der Waals surface area contributed by atoms with Gasteiger partial charge in [0.05, 0.1) is 16.8 Å². The van der Waals surface area contributed by atoms with Crippen LogP contribution in [0.25, 0.3) is 10.9 Å². The van der Waals surface area contributed by atoms with Gasteiger partial charge in [-0.2, -0.15) is 0 Å². The normalized spacial score (nSPS) is 11.4. The van der Waals surface area contributed by atoms with Crippen LogP contribution >= 0.6 is 11.6 Å². The minimum atomic E-state index is -0.0277. The highest BCUT2D eigenvalue weighted by Crippen LogP contribution is 2.10. The van der Waals surface area contributed by atoms with E-state index in [0.29, 0.717) is 35.8 Å². The molecule has 114 valence electrons. The number of fused-ring (bicyclic) bond motifs is 1. The molecule has 2 rings (SSSR count). The van der Waals surface area contributed by atoms with Crippen molar-refractivity contribution in [3.05, 3.63) is 40.4 Å². The van der Waals surface area contributed by atoms with Crippen LogP contribution in [0.1, 0.15) is 26.1 Å². The number of hydrogen-bond acceptors (Lipinski definition) is 3. The van der Waals surface area contributed by atoms with Crippen molar-refractivity contribution in [3.8, 4) is 0 Å². The van der Waals surface area contributed by atoms with E-state index >= 15 is 0 Å². The second kappa shape index (κ2) is 7.57. The third kappa shape index (κ3) is 4.05. The number of alkyl halides is 1. The van der Waals surface area contributed by atoms with E-state index in [2.05, 4.69) is 18.8 Å². The quantitative estimate of drug-likeness (QED) is 0.583. The first-order valence-electron chi connectivity index (χ1n) is 7.25. The summed E-state index contributed by atoms with van der Waals surface area (Å²) < 4.78 is 7.21. The standard InChI is InChI=1S/C16H21ClN2O2/c1-12(2)11-21-9-5-8-19-15(10-17)18-14-7-4-3-6-13(14)16(19)20/h3-4,6-7,12H,5,8-11H2,1-2H3. The number of hydrogen-bond donors (Lipinski definition) is 0. The maximum atomic E-state index is 12.5. The summed E-state index contributed by atoms with van der Waals surface area (Å²) >= 11 is 5.93. The highest BCUT2D eigenvalue weighted by Gasteiger charge is 2.09. The number of aromatic nitrogens is 2. The molecule has 0 amide bonds. The summed E-state index contributed by atoms with van der Waals surface area (Å²) in [5.41, 5.74) is 0.672. The lowest BCUT2D eigenvalue weighted by molar-refractivity contribution is 0.105. The molecule has 0 fully saturated rings. The van der Waals surface area contributed by atoms with Gasteiger partial charge in [-0.05, 0) is 24.5 Å². The Labute approximate surface area is 129 Å². The molecule has 0 spiro atoms.